The lowest BCUT2D eigenvalue weighted by Gasteiger charge is -2.32. The monoisotopic (exact) mass is 529 g/mol. The SMILES string of the molecule is CC(OCC1(c2ccccc2)CC(NC(=O)N2CCCC2)CN1)c1cc(C(F)(F)F)cc(C(F)(F)F)c1. The van der Waals surface area contributed by atoms with E-state index in [-0.39, 0.29) is 30.3 Å². The van der Waals surface area contributed by atoms with E-state index in [4.69, 9.17) is 4.74 Å². The zero-order valence-electron chi connectivity index (χ0n) is 20.3. The number of nitrogens with one attached hydrogen (secondary N) is 2. The molecule has 4 rings (SSSR count). The fourth-order valence-corrected chi connectivity index (χ4v) is 4.92. The fraction of sp³-hybridized carbons (Fsp3) is 0.500. The van der Waals surface area contributed by atoms with Crippen molar-refractivity contribution in [2.45, 2.75) is 56.2 Å². The summed E-state index contributed by atoms with van der Waals surface area (Å²) in [5.74, 6) is 0. The summed E-state index contributed by atoms with van der Waals surface area (Å²) < 4.78 is 85.8. The van der Waals surface area contributed by atoms with Crippen LogP contribution >= 0.6 is 0 Å². The molecule has 2 heterocycles. The first kappa shape index (κ1) is 27.3. The number of amides is 2. The maximum atomic E-state index is 13.3. The number of likely N-dealkylation sites (tertiary alicyclic amines) is 1. The third-order valence-electron chi connectivity index (χ3n) is 6.99. The van der Waals surface area contributed by atoms with Crippen molar-refractivity contribution in [2.24, 2.45) is 0 Å². The van der Waals surface area contributed by atoms with Crippen LogP contribution in [0.2, 0.25) is 0 Å². The number of hydrogen-bond donors (Lipinski definition) is 2. The van der Waals surface area contributed by atoms with Gasteiger partial charge in [-0.05, 0) is 55.5 Å². The molecule has 0 saturated carbocycles. The third kappa shape index (κ3) is 6.38. The summed E-state index contributed by atoms with van der Waals surface area (Å²) in [6, 6.07) is 10.4. The first-order valence-corrected chi connectivity index (χ1v) is 12.1. The zero-order chi connectivity index (χ0) is 26.8. The molecule has 11 heteroatoms. The topological polar surface area (TPSA) is 53.6 Å². The lowest BCUT2D eigenvalue weighted by atomic mass is 9.88. The molecular formula is C26H29F6N3O2. The lowest BCUT2D eigenvalue weighted by molar-refractivity contribution is -0.143. The van der Waals surface area contributed by atoms with Crippen molar-refractivity contribution in [3.8, 4) is 0 Å². The zero-order valence-corrected chi connectivity index (χ0v) is 20.3. The Labute approximate surface area is 211 Å². The molecule has 0 aromatic heterocycles. The van der Waals surface area contributed by atoms with Gasteiger partial charge in [-0.25, -0.2) is 4.79 Å². The molecule has 37 heavy (non-hydrogen) atoms. The Bertz CT molecular complexity index is 1050. The molecule has 2 saturated heterocycles. The Morgan fingerprint density at radius 2 is 1.65 bits per heavy atom. The van der Waals surface area contributed by atoms with Crippen molar-refractivity contribution in [1.82, 2.24) is 15.5 Å². The molecule has 3 atom stereocenters. The second kappa shape index (κ2) is 10.5. The predicted molar refractivity (Wildman–Crippen MR) is 125 cm³/mol. The van der Waals surface area contributed by atoms with Gasteiger partial charge in [0.15, 0.2) is 0 Å². The van der Waals surface area contributed by atoms with Crippen LogP contribution in [0.25, 0.3) is 0 Å². The molecule has 2 aliphatic heterocycles. The molecule has 0 radical (unpaired) electrons. The van der Waals surface area contributed by atoms with Gasteiger partial charge in [0, 0.05) is 25.7 Å². The van der Waals surface area contributed by atoms with Crippen LogP contribution in [-0.2, 0) is 22.6 Å². The average Bonchev–Trinajstić information content (AvgIpc) is 3.53. The lowest BCUT2D eigenvalue weighted by Crippen LogP contribution is -2.44. The van der Waals surface area contributed by atoms with Crippen molar-refractivity contribution in [3.63, 3.8) is 0 Å². The second-order valence-corrected chi connectivity index (χ2v) is 9.67. The van der Waals surface area contributed by atoms with Gasteiger partial charge in [0.2, 0.25) is 0 Å². The number of halogens is 6. The summed E-state index contributed by atoms with van der Waals surface area (Å²) in [6.45, 7) is 3.25. The molecule has 0 bridgehead atoms. The Morgan fingerprint density at radius 1 is 1.05 bits per heavy atom. The molecule has 0 aliphatic carbocycles. The number of nitrogens with zero attached hydrogens (tertiary/aromatic N) is 1. The number of hydrogen-bond acceptors (Lipinski definition) is 3. The van der Waals surface area contributed by atoms with Crippen molar-refractivity contribution >= 4 is 6.03 Å². The van der Waals surface area contributed by atoms with E-state index in [0.29, 0.717) is 38.2 Å². The quantitative estimate of drug-likeness (QED) is 0.461. The van der Waals surface area contributed by atoms with Crippen LogP contribution < -0.4 is 10.6 Å². The largest absolute Gasteiger partial charge is 0.416 e. The standard InChI is InChI=1S/C26H29F6N3O2/c1-17(18-11-20(25(27,28)29)13-21(12-18)26(30,31)32)37-16-24(19-7-3-2-4-8-19)14-22(15-33-24)34-23(36)35-9-5-6-10-35/h2-4,7-8,11-13,17,22,33H,5-6,9-10,14-16H2,1H3,(H,34,36). The van der Waals surface area contributed by atoms with Crippen LogP contribution in [0.15, 0.2) is 48.5 Å². The molecule has 202 valence electrons. The van der Waals surface area contributed by atoms with Crippen LogP contribution in [0, 0.1) is 0 Å². The Hall–Kier alpha value is -2.79. The van der Waals surface area contributed by atoms with Gasteiger partial charge in [-0.3, -0.25) is 0 Å². The summed E-state index contributed by atoms with van der Waals surface area (Å²) in [4.78, 5) is 14.4. The molecule has 2 fully saturated rings. The van der Waals surface area contributed by atoms with E-state index >= 15 is 0 Å². The molecule has 2 N–H and O–H groups in total. The van der Waals surface area contributed by atoms with Gasteiger partial charge in [-0.1, -0.05) is 30.3 Å². The second-order valence-electron chi connectivity index (χ2n) is 9.67. The number of alkyl halides is 6. The van der Waals surface area contributed by atoms with Gasteiger partial charge in [-0.15, -0.1) is 0 Å². The summed E-state index contributed by atoms with van der Waals surface area (Å²) >= 11 is 0. The highest BCUT2D eigenvalue weighted by molar-refractivity contribution is 5.74. The number of carbonyl (C=O) groups is 1. The Morgan fingerprint density at radius 3 is 2.22 bits per heavy atom. The van der Waals surface area contributed by atoms with Gasteiger partial charge < -0.3 is 20.3 Å². The van der Waals surface area contributed by atoms with Gasteiger partial charge in [0.25, 0.3) is 0 Å². The Balaban J connectivity index is 1.53. The first-order valence-electron chi connectivity index (χ1n) is 12.1. The molecule has 2 aromatic carbocycles. The van der Waals surface area contributed by atoms with Crippen molar-refractivity contribution in [3.05, 3.63) is 70.8 Å². The minimum absolute atomic E-state index is 0.0220. The predicted octanol–water partition coefficient (Wildman–Crippen LogP) is 5.86. The van der Waals surface area contributed by atoms with Crippen LogP contribution in [0.5, 0.6) is 0 Å². The maximum absolute atomic E-state index is 13.3. The number of rotatable bonds is 6. The van der Waals surface area contributed by atoms with Crippen molar-refractivity contribution in [1.29, 1.82) is 0 Å². The van der Waals surface area contributed by atoms with Gasteiger partial charge in [0.05, 0.1) is 29.4 Å². The molecule has 5 nitrogen and oxygen atoms in total. The van der Waals surface area contributed by atoms with Crippen molar-refractivity contribution < 1.29 is 35.9 Å². The minimum Gasteiger partial charge on any atom is -0.372 e. The number of ether oxygens (including phenoxy) is 1. The van der Waals surface area contributed by atoms with Crippen LogP contribution in [0.3, 0.4) is 0 Å². The maximum Gasteiger partial charge on any atom is 0.416 e. The van der Waals surface area contributed by atoms with Crippen LogP contribution in [0.4, 0.5) is 31.1 Å². The van der Waals surface area contributed by atoms with E-state index in [1.807, 2.05) is 30.3 Å². The van der Waals surface area contributed by atoms with E-state index in [9.17, 15) is 31.1 Å². The number of urea groups is 1. The molecular weight excluding hydrogens is 500 g/mol. The third-order valence-corrected chi connectivity index (χ3v) is 6.99. The van der Waals surface area contributed by atoms with Gasteiger partial charge >= 0.3 is 18.4 Å². The van der Waals surface area contributed by atoms with E-state index in [1.165, 1.54) is 6.92 Å². The highest BCUT2D eigenvalue weighted by Crippen LogP contribution is 2.39. The summed E-state index contributed by atoms with van der Waals surface area (Å²) in [5, 5.41) is 6.42. The van der Waals surface area contributed by atoms with Gasteiger partial charge in [0.1, 0.15) is 0 Å². The minimum atomic E-state index is -4.94. The molecule has 0 spiro atoms. The normalized spacial score (nSPS) is 23.3. The van der Waals surface area contributed by atoms with Crippen LogP contribution in [-0.4, -0.2) is 43.2 Å². The average molecular weight is 530 g/mol. The molecule has 3 unspecified atom stereocenters. The fourth-order valence-electron chi connectivity index (χ4n) is 4.92. The Kier molecular flexibility index (Phi) is 7.75. The summed E-state index contributed by atoms with van der Waals surface area (Å²) in [5.41, 5.74) is -2.92. The molecule has 2 amide bonds. The summed E-state index contributed by atoms with van der Waals surface area (Å²) in [7, 11) is 0. The smallest absolute Gasteiger partial charge is 0.372 e. The highest BCUT2D eigenvalue weighted by Gasteiger charge is 2.42. The number of benzene rings is 2. The van der Waals surface area contributed by atoms with E-state index < -0.39 is 35.1 Å². The number of carbonyl (C=O) groups excluding carboxylic acids is 1. The summed E-state index contributed by atoms with van der Waals surface area (Å²) in [6.07, 6.45) is -8.56. The van der Waals surface area contributed by atoms with E-state index in [1.54, 1.807) is 4.90 Å². The van der Waals surface area contributed by atoms with Gasteiger partial charge in [-0.2, -0.15) is 26.3 Å². The van der Waals surface area contributed by atoms with Crippen LogP contribution in [0.1, 0.15) is 54.5 Å². The highest BCUT2D eigenvalue weighted by atomic mass is 19.4. The van der Waals surface area contributed by atoms with Crippen molar-refractivity contribution in [2.75, 3.05) is 26.2 Å². The molecule has 2 aromatic rings. The van der Waals surface area contributed by atoms with E-state index in [2.05, 4.69) is 10.6 Å². The van der Waals surface area contributed by atoms with E-state index in [0.717, 1.165) is 18.4 Å². The molecule has 2 aliphatic rings. The first-order chi connectivity index (χ1) is 17.4.